The molecule has 3 rings (SSSR count). The van der Waals surface area contributed by atoms with Gasteiger partial charge in [-0.1, -0.05) is 15.9 Å². The Labute approximate surface area is 167 Å². The number of morpholine rings is 1. The van der Waals surface area contributed by atoms with Crippen LogP contribution in [0.4, 0.5) is 17.1 Å². The molecule has 0 bridgehead atoms. The fraction of sp³-hybridized carbons (Fsp3) is 0.350. The summed E-state index contributed by atoms with van der Waals surface area (Å²) in [6.07, 6.45) is 0. The summed E-state index contributed by atoms with van der Waals surface area (Å²) in [5.74, 6) is 0.379. The molecule has 144 valence electrons. The number of rotatable bonds is 5. The van der Waals surface area contributed by atoms with Gasteiger partial charge >= 0.3 is 0 Å². The van der Waals surface area contributed by atoms with E-state index in [4.69, 9.17) is 15.2 Å². The number of amides is 1. The number of hydrogen-bond acceptors (Lipinski definition) is 5. The summed E-state index contributed by atoms with van der Waals surface area (Å²) in [5.41, 5.74) is 7.40. The van der Waals surface area contributed by atoms with E-state index in [0.717, 1.165) is 23.2 Å². The van der Waals surface area contributed by atoms with Crippen LogP contribution in [0.15, 0.2) is 46.9 Å². The third-order valence-corrected chi connectivity index (χ3v) is 4.90. The molecule has 0 spiro atoms. The highest BCUT2D eigenvalue weighted by molar-refractivity contribution is 9.10. The van der Waals surface area contributed by atoms with Crippen molar-refractivity contribution in [1.29, 1.82) is 0 Å². The number of nitrogens with zero attached hydrogens (tertiary/aromatic N) is 1. The number of halogens is 1. The third-order valence-electron chi connectivity index (χ3n) is 4.37. The first-order valence-electron chi connectivity index (χ1n) is 8.83. The molecule has 1 aliphatic heterocycles. The van der Waals surface area contributed by atoms with Gasteiger partial charge in [-0.05, 0) is 56.3 Å². The number of carbonyl (C=O) groups excluding carboxylic acids is 1. The van der Waals surface area contributed by atoms with E-state index >= 15 is 0 Å². The summed E-state index contributed by atoms with van der Waals surface area (Å²) in [4.78, 5) is 14.9. The van der Waals surface area contributed by atoms with Crippen LogP contribution in [0.3, 0.4) is 0 Å². The first-order valence-corrected chi connectivity index (χ1v) is 9.63. The van der Waals surface area contributed by atoms with E-state index in [9.17, 15) is 4.79 Å². The summed E-state index contributed by atoms with van der Waals surface area (Å²) >= 11 is 3.38. The van der Waals surface area contributed by atoms with Gasteiger partial charge in [0.1, 0.15) is 5.75 Å². The van der Waals surface area contributed by atoms with E-state index < -0.39 is 5.60 Å². The predicted molar refractivity (Wildman–Crippen MR) is 111 cm³/mol. The van der Waals surface area contributed by atoms with Crippen molar-refractivity contribution in [2.24, 2.45) is 0 Å². The molecule has 0 aromatic heterocycles. The van der Waals surface area contributed by atoms with Crippen LogP contribution in [-0.4, -0.2) is 37.8 Å². The minimum Gasteiger partial charge on any atom is -0.478 e. The molecule has 1 fully saturated rings. The van der Waals surface area contributed by atoms with Crippen LogP contribution in [0.2, 0.25) is 0 Å². The molecular formula is C20H24BrN3O3. The Bertz CT molecular complexity index is 803. The first-order chi connectivity index (χ1) is 12.8. The van der Waals surface area contributed by atoms with Gasteiger partial charge in [-0.25, -0.2) is 0 Å². The number of benzene rings is 2. The first kappa shape index (κ1) is 19.5. The zero-order valence-electron chi connectivity index (χ0n) is 15.5. The standard InChI is InChI=1S/C20H24BrN3O3/c1-20(2,27-16-6-3-14(21)4-7-16)19(25)23-15-5-8-18(17(22)13-15)24-9-11-26-12-10-24/h3-8,13H,9-12,22H2,1-2H3,(H,23,25). The molecule has 0 saturated carbocycles. The quantitative estimate of drug-likeness (QED) is 0.703. The molecule has 1 amide bonds. The SMILES string of the molecule is CC(C)(Oc1ccc(Br)cc1)C(=O)Nc1ccc(N2CCOCC2)c(N)c1. The second-order valence-corrected chi connectivity index (χ2v) is 7.81. The average molecular weight is 434 g/mol. The van der Waals surface area contributed by atoms with Crippen molar-refractivity contribution in [3.63, 3.8) is 0 Å². The molecule has 2 aromatic carbocycles. The van der Waals surface area contributed by atoms with Gasteiger partial charge in [0.05, 0.1) is 24.6 Å². The predicted octanol–water partition coefficient (Wildman–Crippen LogP) is 3.66. The average Bonchev–Trinajstić information content (AvgIpc) is 2.64. The molecule has 0 unspecified atom stereocenters. The molecule has 0 aliphatic carbocycles. The topological polar surface area (TPSA) is 76.8 Å². The minimum absolute atomic E-state index is 0.246. The molecule has 7 heteroatoms. The highest BCUT2D eigenvalue weighted by Gasteiger charge is 2.30. The van der Waals surface area contributed by atoms with E-state index in [1.807, 2.05) is 36.4 Å². The van der Waals surface area contributed by atoms with Crippen LogP contribution in [-0.2, 0) is 9.53 Å². The number of nitrogen functional groups attached to an aromatic ring is 1. The largest absolute Gasteiger partial charge is 0.478 e. The third kappa shape index (κ3) is 4.93. The fourth-order valence-electron chi connectivity index (χ4n) is 2.85. The summed E-state index contributed by atoms with van der Waals surface area (Å²) in [5, 5.41) is 2.89. The Hall–Kier alpha value is -2.25. The zero-order valence-corrected chi connectivity index (χ0v) is 17.1. The normalized spacial score (nSPS) is 14.7. The van der Waals surface area contributed by atoms with Gasteiger partial charge in [0.15, 0.2) is 5.60 Å². The van der Waals surface area contributed by atoms with Gasteiger partial charge in [0, 0.05) is 23.2 Å². The maximum absolute atomic E-state index is 12.7. The van der Waals surface area contributed by atoms with E-state index in [1.165, 1.54) is 0 Å². The van der Waals surface area contributed by atoms with Crippen LogP contribution in [0, 0.1) is 0 Å². The van der Waals surface area contributed by atoms with Crippen molar-refractivity contribution < 1.29 is 14.3 Å². The van der Waals surface area contributed by atoms with E-state index in [2.05, 4.69) is 26.1 Å². The summed E-state index contributed by atoms with van der Waals surface area (Å²) in [7, 11) is 0. The van der Waals surface area contributed by atoms with Crippen LogP contribution in [0.25, 0.3) is 0 Å². The Morgan fingerprint density at radius 1 is 1.19 bits per heavy atom. The van der Waals surface area contributed by atoms with E-state index in [0.29, 0.717) is 30.3 Å². The number of ether oxygens (including phenoxy) is 2. The van der Waals surface area contributed by atoms with Crippen molar-refractivity contribution in [3.8, 4) is 5.75 Å². The lowest BCUT2D eigenvalue weighted by Crippen LogP contribution is -2.42. The van der Waals surface area contributed by atoms with Crippen LogP contribution in [0.5, 0.6) is 5.75 Å². The molecule has 6 nitrogen and oxygen atoms in total. The van der Waals surface area contributed by atoms with Gasteiger partial charge < -0.3 is 25.4 Å². The maximum Gasteiger partial charge on any atom is 0.267 e. The highest BCUT2D eigenvalue weighted by atomic mass is 79.9. The molecule has 0 atom stereocenters. The summed E-state index contributed by atoms with van der Waals surface area (Å²) in [6.45, 7) is 6.47. The minimum atomic E-state index is -1.04. The van der Waals surface area contributed by atoms with Crippen molar-refractivity contribution >= 4 is 38.9 Å². The molecule has 0 radical (unpaired) electrons. The zero-order chi connectivity index (χ0) is 19.4. The summed E-state index contributed by atoms with van der Waals surface area (Å²) in [6, 6.07) is 12.9. The molecule has 1 saturated heterocycles. The number of carbonyl (C=O) groups is 1. The molecule has 1 aliphatic rings. The monoisotopic (exact) mass is 433 g/mol. The Morgan fingerprint density at radius 2 is 1.85 bits per heavy atom. The summed E-state index contributed by atoms with van der Waals surface area (Å²) < 4.78 is 12.2. The Morgan fingerprint density at radius 3 is 2.48 bits per heavy atom. The molecule has 27 heavy (non-hydrogen) atoms. The maximum atomic E-state index is 12.7. The van der Waals surface area contributed by atoms with Gasteiger partial charge in [-0.2, -0.15) is 0 Å². The Kier molecular flexibility index (Phi) is 5.92. The Balaban J connectivity index is 1.67. The van der Waals surface area contributed by atoms with Crippen molar-refractivity contribution in [2.45, 2.75) is 19.4 Å². The molecular weight excluding hydrogens is 410 g/mol. The van der Waals surface area contributed by atoms with E-state index in [-0.39, 0.29) is 5.91 Å². The van der Waals surface area contributed by atoms with Crippen molar-refractivity contribution in [3.05, 3.63) is 46.9 Å². The fourth-order valence-corrected chi connectivity index (χ4v) is 3.11. The second kappa shape index (κ2) is 8.19. The van der Waals surface area contributed by atoms with Gasteiger partial charge in [-0.3, -0.25) is 4.79 Å². The number of hydrogen-bond donors (Lipinski definition) is 2. The van der Waals surface area contributed by atoms with Crippen molar-refractivity contribution in [2.75, 3.05) is 42.3 Å². The van der Waals surface area contributed by atoms with Crippen LogP contribution < -0.4 is 20.7 Å². The molecule has 3 N–H and O–H groups in total. The molecule has 2 aromatic rings. The molecule has 1 heterocycles. The van der Waals surface area contributed by atoms with Gasteiger partial charge in [0.25, 0.3) is 5.91 Å². The highest BCUT2D eigenvalue weighted by Crippen LogP contribution is 2.28. The van der Waals surface area contributed by atoms with Crippen LogP contribution >= 0.6 is 15.9 Å². The number of nitrogens with one attached hydrogen (secondary N) is 1. The lowest BCUT2D eigenvalue weighted by atomic mass is 10.1. The van der Waals surface area contributed by atoms with Crippen molar-refractivity contribution in [1.82, 2.24) is 0 Å². The lowest BCUT2D eigenvalue weighted by molar-refractivity contribution is -0.128. The van der Waals surface area contributed by atoms with Gasteiger partial charge in [0.2, 0.25) is 0 Å². The lowest BCUT2D eigenvalue weighted by Gasteiger charge is -2.30. The van der Waals surface area contributed by atoms with E-state index in [1.54, 1.807) is 19.9 Å². The number of nitrogens with two attached hydrogens (primary N) is 1. The second-order valence-electron chi connectivity index (χ2n) is 6.89. The van der Waals surface area contributed by atoms with Gasteiger partial charge in [-0.15, -0.1) is 0 Å². The smallest absolute Gasteiger partial charge is 0.267 e. The van der Waals surface area contributed by atoms with Crippen LogP contribution in [0.1, 0.15) is 13.8 Å². The number of anilines is 3.